The van der Waals surface area contributed by atoms with E-state index in [0.29, 0.717) is 6.04 Å². The minimum absolute atomic E-state index is 0.367. The molecule has 5 heteroatoms. The second kappa shape index (κ2) is 9.62. The molecule has 1 saturated heterocycles. The maximum atomic E-state index is 5.37. The van der Waals surface area contributed by atoms with Crippen molar-refractivity contribution in [2.75, 3.05) is 41.0 Å². The van der Waals surface area contributed by atoms with Crippen LogP contribution in [-0.4, -0.2) is 45.9 Å². The highest BCUT2D eigenvalue weighted by molar-refractivity contribution is 5.38. The van der Waals surface area contributed by atoms with Crippen LogP contribution in [0.1, 0.15) is 30.0 Å². The number of rotatable bonds is 9. The zero-order valence-corrected chi connectivity index (χ0v) is 16.5. The highest BCUT2D eigenvalue weighted by atomic mass is 16.5. The first kappa shape index (κ1) is 19.5. The maximum Gasteiger partial charge on any atom is 0.122 e. The average Bonchev–Trinajstić information content (AvgIpc) is 3.25. The lowest BCUT2D eigenvalue weighted by molar-refractivity contribution is 0.238. The summed E-state index contributed by atoms with van der Waals surface area (Å²) >= 11 is 0. The number of benzene rings is 2. The molecule has 0 amide bonds. The molecule has 1 unspecified atom stereocenters. The summed E-state index contributed by atoms with van der Waals surface area (Å²) in [5.74, 6) is 2.53. The molecule has 5 nitrogen and oxygen atoms in total. The Hall–Kier alpha value is -2.24. The standard InChI is InChI=1S/C22H30N2O3/c1-25-19-8-6-18(7-9-19)22(24-10-4-5-11-24)16-23-15-17-12-20(26-2)14-21(13-17)27-3/h6-9,12-14,22-23H,4-5,10-11,15-16H2,1-3H3. The Morgan fingerprint density at radius 2 is 1.44 bits per heavy atom. The van der Waals surface area contributed by atoms with Crippen LogP contribution in [0.25, 0.3) is 0 Å². The molecule has 2 aromatic carbocycles. The number of hydrogen-bond donors (Lipinski definition) is 1. The molecule has 1 fully saturated rings. The van der Waals surface area contributed by atoms with Gasteiger partial charge in [-0.2, -0.15) is 0 Å². The molecule has 1 heterocycles. The Morgan fingerprint density at radius 3 is 2.00 bits per heavy atom. The van der Waals surface area contributed by atoms with Gasteiger partial charge in [0.15, 0.2) is 0 Å². The van der Waals surface area contributed by atoms with Crippen molar-refractivity contribution < 1.29 is 14.2 Å². The molecule has 27 heavy (non-hydrogen) atoms. The van der Waals surface area contributed by atoms with Gasteiger partial charge in [-0.05, 0) is 61.3 Å². The fourth-order valence-electron chi connectivity index (χ4n) is 3.66. The Bertz CT molecular complexity index is 690. The summed E-state index contributed by atoms with van der Waals surface area (Å²) in [6.45, 7) is 3.98. The molecule has 2 aromatic rings. The van der Waals surface area contributed by atoms with Gasteiger partial charge in [0, 0.05) is 25.2 Å². The molecular weight excluding hydrogens is 340 g/mol. The predicted octanol–water partition coefficient (Wildman–Crippen LogP) is 3.64. The van der Waals surface area contributed by atoms with E-state index in [0.717, 1.165) is 49.0 Å². The maximum absolute atomic E-state index is 5.37. The smallest absolute Gasteiger partial charge is 0.122 e. The molecule has 146 valence electrons. The van der Waals surface area contributed by atoms with E-state index in [4.69, 9.17) is 14.2 Å². The van der Waals surface area contributed by atoms with Crippen LogP contribution in [0.5, 0.6) is 17.2 Å². The Labute approximate surface area is 162 Å². The van der Waals surface area contributed by atoms with Gasteiger partial charge < -0.3 is 19.5 Å². The second-order valence-corrected chi connectivity index (χ2v) is 6.88. The quantitative estimate of drug-likeness (QED) is 0.730. The SMILES string of the molecule is COc1ccc(C(CNCc2cc(OC)cc(OC)c2)N2CCCC2)cc1. The number of hydrogen-bond acceptors (Lipinski definition) is 5. The molecule has 0 spiro atoms. The van der Waals surface area contributed by atoms with Crippen LogP contribution in [0.3, 0.4) is 0 Å². The first-order valence-electron chi connectivity index (χ1n) is 9.54. The molecular formula is C22H30N2O3. The number of methoxy groups -OCH3 is 3. The van der Waals surface area contributed by atoms with Crippen LogP contribution < -0.4 is 19.5 Å². The van der Waals surface area contributed by atoms with Crippen molar-refractivity contribution in [2.24, 2.45) is 0 Å². The fraction of sp³-hybridized carbons (Fsp3) is 0.455. The van der Waals surface area contributed by atoms with Crippen LogP contribution in [0.4, 0.5) is 0 Å². The number of ether oxygens (including phenoxy) is 3. The summed E-state index contributed by atoms with van der Waals surface area (Å²) in [7, 11) is 5.06. The zero-order chi connectivity index (χ0) is 19.1. The highest BCUT2D eigenvalue weighted by Crippen LogP contribution is 2.27. The van der Waals surface area contributed by atoms with Crippen molar-refractivity contribution in [3.05, 3.63) is 53.6 Å². The van der Waals surface area contributed by atoms with E-state index >= 15 is 0 Å². The Kier molecular flexibility index (Phi) is 6.96. The van der Waals surface area contributed by atoms with Crippen LogP contribution >= 0.6 is 0 Å². The normalized spacial score (nSPS) is 15.5. The van der Waals surface area contributed by atoms with Gasteiger partial charge in [0.1, 0.15) is 17.2 Å². The van der Waals surface area contributed by atoms with E-state index in [1.54, 1.807) is 21.3 Å². The summed E-state index contributed by atoms with van der Waals surface area (Å²) < 4.78 is 16.0. The van der Waals surface area contributed by atoms with Crippen LogP contribution in [-0.2, 0) is 6.54 Å². The van der Waals surface area contributed by atoms with Crippen molar-refractivity contribution in [2.45, 2.75) is 25.4 Å². The highest BCUT2D eigenvalue weighted by Gasteiger charge is 2.23. The summed E-state index contributed by atoms with van der Waals surface area (Å²) in [5.41, 5.74) is 2.48. The lowest BCUT2D eigenvalue weighted by atomic mass is 10.0. The average molecular weight is 370 g/mol. The van der Waals surface area contributed by atoms with Gasteiger partial charge in [0.25, 0.3) is 0 Å². The van der Waals surface area contributed by atoms with E-state index in [2.05, 4.69) is 22.3 Å². The minimum Gasteiger partial charge on any atom is -0.497 e. The summed E-state index contributed by atoms with van der Waals surface area (Å²) in [6, 6.07) is 14.8. The van der Waals surface area contributed by atoms with Gasteiger partial charge in [0.05, 0.1) is 21.3 Å². The molecule has 1 N–H and O–H groups in total. The second-order valence-electron chi connectivity index (χ2n) is 6.88. The Balaban J connectivity index is 1.67. The van der Waals surface area contributed by atoms with Crippen molar-refractivity contribution in [3.63, 3.8) is 0 Å². The van der Waals surface area contributed by atoms with Crippen molar-refractivity contribution in [3.8, 4) is 17.2 Å². The third-order valence-corrected chi connectivity index (χ3v) is 5.16. The van der Waals surface area contributed by atoms with Gasteiger partial charge in [-0.3, -0.25) is 4.90 Å². The molecule has 1 aliphatic rings. The van der Waals surface area contributed by atoms with Gasteiger partial charge in [0.2, 0.25) is 0 Å². The first-order chi connectivity index (χ1) is 13.2. The molecule has 0 radical (unpaired) electrons. The predicted molar refractivity (Wildman–Crippen MR) is 108 cm³/mol. The third kappa shape index (κ3) is 5.15. The fourth-order valence-corrected chi connectivity index (χ4v) is 3.66. The molecule has 0 saturated carbocycles. The molecule has 0 aromatic heterocycles. The first-order valence-corrected chi connectivity index (χ1v) is 9.54. The molecule has 0 bridgehead atoms. The summed E-state index contributed by atoms with van der Waals surface area (Å²) in [4.78, 5) is 2.57. The van der Waals surface area contributed by atoms with Gasteiger partial charge >= 0.3 is 0 Å². The molecule has 1 atom stereocenters. The van der Waals surface area contributed by atoms with Crippen molar-refractivity contribution >= 4 is 0 Å². The van der Waals surface area contributed by atoms with Gasteiger partial charge in [-0.15, -0.1) is 0 Å². The summed E-state index contributed by atoms with van der Waals surface area (Å²) in [5, 5.41) is 3.62. The van der Waals surface area contributed by atoms with E-state index in [1.807, 2.05) is 30.3 Å². The topological polar surface area (TPSA) is 43.0 Å². The molecule has 0 aliphatic carbocycles. The third-order valence-electron chi connectivity index (χ3n) is 5.16. The minimum atomic E-state index is 0.367. The van der Waals surface area contributed by atoms with Crippen molar-refractivity contribution in [1.82, 2.24) is 10.2 Å². The van der Waals surface area contributed by atoms with E-state index in [9.17, 15) is 0 Å². The lowest BCUT2D eigenvalue weighted by Crippen LogP contribution is -2.34. The van der Waals surface area contributed by atoms with Crippen LogP contribution in [0.15, 0.2) is 42.5 Å². The summed E-state index contributed by atoms with van der Waals surface area (Å²) in [6.07, 6.45) is 2.56. The Morgan fingerprint density at radius 1 is 0.852 bits per heavy atom. The largest absolute Gasteiger partial charge is 0.497 e. The van der Waals surface area contributed by atoms with Gasteiger partial charge in [-0.1, -0.05) is 12.1 Å². The molecule has 1 aliphatic heterocycles. The van der Waals surface area contributed by atoms with Crippen LogP contribution in [0, 0.1) is 0 Å². The van der Waals surface area contributed by atoms with E-state index in [-0.39, 0.29) is 0 Å². The van der Waals surface area contributed by atoms with Crippen molar-refractivity contribution in [1.29, 1.82) is 0 Å². The lowest BCUT2D eigenvalue weighted by Gasteiger charge is -2.28. The number of likely N-dealkylation sites (tertiary alicyclic amines) is 1. The number of nitrogens with zero attached hydrogens (tertiary/aromatic N) is 1. The number of nitrogens with one attached hydrogen (secondary N) is 1. The van der Waals surface area contributed by atoms with E-state index < -0.39 is 0 Å². The van der Waals surface area contributed by atoms with Crippen LogP contribution in [0.2, 0.25) is 0 Å². The van der Waals surface area contributed by atoms with E-state index in [1.165, 1.54) is 18.4 Å². The molecule has 3 rings (SSSR count). The zero-order valence-electron chi connectivity index (χ0n) is 16.5. The van der Waals surface area contributed by atoms with Gasteiger partial charge in [-0.25, -0.2) is 0 Å². The monoisotopic (exact) mass is 370 g/mol.